The minimum absolute atomic E-state index is 0.0802. The molecule has 1 saturated heterocycles. The summed E-state index contributed by atoms with van der Waals surface area (Å²) in [6, 6.07) is 18.6. The highest BCUT2D eigenvalue weighted by Gasteiger charge is 2.22. The number of piperazine rings is 1. The van der Waals surface area contributed by atoms with E-state index in [0.29, 0.717) is 25.3 Å². The van der Waals surface area contributed by atoms with Crippen molar-refractivity contribution >= 4 is 17.2 Å². The highest BCUT2D eigenvalue weighted by atomic mass is 32.1. The fourth-order valence-corrected chi connectivity index (χ4v) is 4.77. The molecule has 0 atom stereocenters. The fourth-order valence-electron chi connectivity index (χ4n) is 3.69. The number of methoxy groups -OCH3 is 1. The largest absolute Gasteiger partial charge is 0.380 e. The molecule has 0 unspecified atom stereocenters. The average molecular weight is 425 g/mol. The molecule has 0 saturated carbocycles. The lowest BCUT2D eigenvalue weighted by molar-refractivity contribution is 0.0629. The van der Waals surface area contributed by atoms with Crippen LogP contribution >= 0.6 is 11.3 Å². The van der Waals surface area contributed by atoms with Gasteiger partial charge in [0.25, 0.3) is 5.91 Å². The first-order chi connectivity index (χ1) is 14.6. The minimum atomic E-state index is -0.187. The van der Waals surface area contributed by atoms with Crippen LogP contribution in [0, 0.1) is 5.82 Å². The van der Waals surface area contributed by atoms with Gasteiger partial charge in [-0.2, -0.15) is 0 Å². The summed E-state index contributed by atoms with van der Waals surface area (Å²) in [4.78, 5) is 19.2. The first kappa shape index (κ1) is 20.7. The maximum absolute atomic E-state index is 14.0. The summed E-state index contributed by atoms with van der Waals surface area (Å²) >= 11 is 1.63. The standard InChI is InChI=1S/C24H25FN2O2S/c1-29-17-18-6-8-19(9-7-18)24(28)27-14-12-26(13-15-27)16-20-10-11-23(30-20)21-4-2-3-5-22(21)25/h2-11H,12-17H2,1H3. The molecule has 2 heterocycles. The molecular formula is C24H25FN2O2S. The number of ether oxygens (including phenoxy) is 1. The second kappa shape index (κ2) is 9.51. The van der Waals surface area contributed by atoms with Gasteiger partial charge in [-0.15, -0.1) is 11.3 Å². The monoisotopic (exact) mass is 424 g/mol. The molecule has 156 valence electrons. The maximum Gasteiger partial charge on any atom is 0.253 e. The van der Waals surface area contributed by atoms with Gasteiger partial charge in [0, 0.05) is 60.7 Å². The van der Waals surface area contributed by atoms with Crippen molar-refractivity contribution in [2.45, 2.75) is 13.2 Å². The van der Waals surface area contributed by atoms with E-state index in [0.717, 1.165) is 35.6 Å². The molecule has 4 nitrogen and oxygen atoms in total. The Hall–Kier alpha value is -2.54. The SMILES string of the molecule is COCc1ccc(C(=O)N2CCN(Cc3ccc(-c4ccccc4F)s3)CC2)cc1. The van der Waals surface area contributed by atoms with E-state index in [-0.39, 0.29) is 11.7 Å². The number of hydrogen-bond donors (Lipinski definition) is 0. The molecule has 0 N–H and O–H groups in total. The van der Waals surface area contributed by atoms with Crippen LogP contribution in [0.3, 0.4) is 0 Å². The van der Waals surface area contributed by atoms with E-state index in [4.69, 9.17) is 4.74 Å². The third kappa shape index (κ3) is 4.78. The smallest absolute Gasteiger partial charge is 0.253 e. The topological polar surface area (TPSA) is 32.8 Å². The van der Waals surface area contributed by atoms with Gasteiger partial charge in [-0.25, -0.2) is 4.39 Å². The molecule has 30 heavy (non-hydrogen) atoms. The molecule has 1 aromatic heterocycles. The molecule has 1 aliphatic heterocycles. The molecule has 2 aromatic carbocycles. The van der Waals surface area contributed by atoms with Crippen molar-refractivity contribution in [1.29, 1.82) is 0 Å². The Balaban J connectivity index is 1.32. The normalized spacial score (nSPS) is 14.8. The molecule has 0 aliphatic carbocycles. The molecular weight excluding hydrogens is 399 g/mol. The van der Waals surface area contributed by atoms with Crippen molar-refractivity contribution < 1.29 is 13.9 Å². The van der Waals surface area contributed by atoms with E-state index in [2.05, 4.69) is 11.0 Å². The molecule has 0 radical (unpaired) electrons. The fraction of sp³-hybridized carbons (Fsp3) is 0.292. The van der Waals surface area contributed by atoms with Crippen molar-refractivity contribution in [2.75, 3.05) is 33.3 Å². The summed E-state index contributed by atoms with van der Waals surface area (Å²) in [6.45, 7) is 4.47. The molecule has 1 aliphatic rings. The molecule has 4 rings (SSSR count). The van der Waals surface area contributed by atoms with Crippen molar-refractivity contribution in [3.05, 3.63) is 82.5 Å². The van der Waals surface area contributed by atoms with Crippen molar-refractivity contribution in [2.24, 2.45) is 0 Å². The second-order valence-electron chi connectivity index (χ2n) is 7.44. The van der Waals surface area contributed by atoms with Crippen LogP contribution in [-0.2, 0) is 17.9 Å². The molecule has 3 aromatic rings. The summed E-state index contributed by atoms with van der Waals surface area (Å²) < 4.78 is 19.1. The average Bonchev–Trinajstić information content (AvgIpc) is 3.23. The molecule has 0 bridgehead atoms. The molecule has 1 fully saturated rings. The predicted molar refractivity (Wildman–Crippen MR) is 118 cm³/mol. The Morgan fingerprint density at radius 2 is 1.73 bits per heavy atom. The van der Waals surface area contributed by atoms with E-state index in [9.17, 15) is 9.18 Å². The number of carbonyl (C=O) groups excluding carboxylic acids is 1. The van der Waals surface area contributed by atoms with Crippen molar-refractivity contribution in [3.8, 4) is 10.4 Å². The molecule has 6 heteroatoms. The lowest BCUT2D eigenvalue weighted by Crippen LogP contribution is -2.48. The zero-order valence-corrected chi connectivity index (χ0v) is 17.8. The Kier molecular flexibility index (Phi) is 6.57. The van der Waals surface area contributed by atoms with E-state index < -0.39 is 0 Å². The van der Waals surface area contributed by atoms with Crippen LogP contribution in [0.25, 0.3) is 10.4 Å². The van der Waals surface area contributed by atoms with Gasteiger partial charge < -0.3 is 9.64 Å². The first-order valence-corrected chi connectivity index (χ1v) is 10.9. The third-order valence-electron chi connectivity index (χ3n) is 5.35. The van der Waals surface area contributed by atoms with Gasteiger partial charge in [0.15, 0.2) is 0 Å². The van der Waals surface area contributed by atoms with Gasteiger partial charge in [-0.1, -0.05) is 30.3 Å². The van der Waals surface area contributed by atoms with Gasteiger partial charge in [0.2, 0.25) is 0 Å². The van der Waals surface area contributed by atoms with Gasteiger partial charge in [-0.3, -0.25) is 9.69 Å². The quantitative estimate of drug-likeness (QED) is 0.577. The van der Waals surface area contributed by atoms with Crippen LogP contribution in [0.5, 0.6) is 0 Å². The second-order valence-corrected chi connectivity index (χ2v) is 8.61. The Morgan fingerprint density at radius 1 is 1.00 bits per heavy atom. The number of hydrogen-bond acceptors (Lipinski definition) is 4. The lowest BCUT2D eigenvalue weighted by Gasteiger charge is -2.34. The zero-order chi connectivity index (χ0) is 20.9. The van der Waals surface area contributed by atoms with E-state index in [1.807, 2.05) is 47.4 Å². The summed E-state index contributed by atoms with van der Waals surface area (Å²) in [6.07, 6.45) is 0. The number of thiophene rings is 1. The predicted octanol–water partition coefficient (Wildman–Crippen LogP) is 4.66. The minimum Gasteiger partial charge on any atom is -0.380 e. The zero-order valence-electron chi connectivity index (χ0n) is 17.0. The molecule has 1 amide bonds. The highest BCUT2D eigenvalue weighted by molar-refractivity contribution is 7.15. The Bertz CT molecular complexity index is 994. The Morgan fingerprint density at radius 3 is 2.43 bits per heavy atom. The van der Waals surface area contributed by atoms with Crippen LogP contribution in [0.15, 0.2) is 60.7 Å². The summed E-state index contributed by atoms with van der Waals surface area (Å²) in [5.74, 6) is -0.107. The molecule has 0 spiro atoms. The number of nitrogens with zero attached hydrogens (tertiary/aromatic N) is 2. The summed E-state index contributed by atoms with van der Waals surface area (Å²) in [5, 5.41) is 0. The van der Waals surface area contributed by atoms with E-state index in [1.54, 1.807) is 24.5 Å². The van der Waals surface area contributed by atoms with Gasteiger partial charge in [-0.05, 0) is 35.9 Å². The number of benzene rings is 2. The number of carbonyl (C=O) groups is 1. The van der Waals surface area contributed by atoms with Gasteiger partial charge >= 0.3 is 0 Å². The maximum atomic E-state index is 14.0. The van der Waals surface area contributed by atoms with E-state index >= 15 is 0 Å². The van der Waals surface area contributed by atoms with Crippen molar-refractivity contribution in [1.82, 2.24) is 9.80 Å². The first-order valence-electron chi connectivity index (χ1n) is 10.1. The number of rotatable bonds is 6. The van der Waals surface area contributed by atoms with Crippen molar-refractivity contribution in [3.63, 3.8) is 0 Å². The lowest BCUT2D eigenvalue weighted by atomic mass is 10.1. The van der Waals surface area contributed by atoms with Gasteiger partial charge in [0.05, 0.1) is 6.61 Å². The van der Waals surface area contributed by atoms with Crippen LogP contribution in [0.1, 0.15) is 20.8 Å². The van der Waals surface area contributed by atoms with Crippen LogP contribution in [0.4, 0.5) is 4.39 Å². The third-order valence-corrected chi connectivity index (χ3v) is 6.46. The van der Waals surface area contributed by atoms with E-state index in [1.165, 1.54) is 10.9 Å². The summed E-state index contributed by atoms with van der Waals surface area (Å²) in [7, 11) is 1.66. The van der Waals surface area contributed by atoms with Gasteiger partial charge in [0.1, 0.15) is 5.82 Å². The van der Waals surface area contributed by atoms with Crippen LogP contribution in [-0.4, -0.2) is 49.0 Å². The summed E-state index contributed by atoms with van der Waals surface area (Å²) in [5.41, 5.74) is 2.43. The highest BCUT2D eigenvalue weighted by Crippen LogP contribution is 2.30. The van der Waals surface area contributed by atoms with Crippen LogP contribution in [0.2, 0.25) is 0 Å². The number of halogens is 1. The number of amides is 1. The Labute approximate surface area is 180 Å². The van der Waals surface area contributed by atoms with Crippen LogP contribution < -0.4 is 0 Å².